The lowest BCUT2D eigenvalue weighted by molar-refractivity contribution is 0.0294. The molecule has 0 unspecified atom stereocenters. The first-order chi connectivity index (χ1) is 7.93. The van der Waals surface area contributed by atoms with E-state index >= 15 is 0 Å². The van der Waals surface area contributed by atoms with Gasteiger partial charge in [-0.2, -0.15) is 0 Å². The third kappa shape index (κ3) is 1.26. The van der Waals surface area contributed by atoms with Crippen molar-refractivity contribution in [2.24, 2.45) is 0 Å². The average molecular weight is 215 g/mol. The molecule has 0 bridgehead atoms. The second-order valence-electron chi connectivity index (χ2n) is 5.30. The Morgan fingerprint density at radius 3 is 2.88 bits per heavy atom. The van der Waals surface area contributed by atoms with E-state index in [-0.39, 0.29) is 0 Å². The summed E-state index contributed by atoms with van der Waals surface area (Å²) < 4.78 is 5.98. The van der Waals surface area contributed by atoms with Crippen LogP contribution >= 0.6 is 0 Å². The highest BCUT2D eigenvalue weighted by Crippen LogP contribution is 2.45. The molecule has 2 heterocycles. The molecule has 0 radical (unpaired) electrons. The molecule has 1 aromatic carbocycles. The van der Waals surface area contributed by atoms with Crippen molar-refractivity contribution in [1.29, 1.82) is 0 Å². The first kappa shape index (κ1) is 9.20. The summed E-state index contributed by atoms with van der Waals surface area (Å²) >= 11 is 0. The molecule has 2 aliphatic heterocycles. The maximum absolute atomic E-state index is 5.98. The molecule has 3 aliphatic rings. The molecule has 0 amide bonds. The van der Waals surface area contributed by atoms with Gasteiger partial charge in [0.2, 0.25) is 0 Å². The van der Waals surface area contributed by atoms with Gasteiger partial charge in [-0.1, -0.05) is 18.2 Å². The molecular weight excluding hydrogens is 198 g/mol. The van der Waals surface area contributed by atoms with Gasteiger partial charge in [0.25, 0.3) is 0 Å². The minimum atomic E-state index is 0.418. The molecule has 1 aliphatic carbocycles. The number of rotatable bonds is 1. The van der Waals surface area contributed by atoms with Crippen molar-refractivity contribution in [3.8, 4) is 0 Å². The SMILES string of the molecule is c1cc(C2CC2)c2c(c1)[C@@H]1CNC[C@@H]1OC2. The van der Waals surface area contributed by atoms with E-state index in [4.69, 9.17) is 4.74 Å². The van der Waals surface area contributed by atoms with Gasteiger partial charge in [0.15, 0.2) is 0 Å². The van der Waals surface area contributed by atoms with E-state index < -0.39 is 0 Å². The Labute approximate surface area is 96.0 Å². The van der Waals surface area contributed by atoms with Crippen molar-refractivity contribution in [3.05, 3.63) is 34.9 Å². The van der Waals surface area contributed by atoms with E-state index in [0.29, 0.717) is 12.0 Å². The number of benzene rings is 1. The summed E-state index contributed by atoms with van der Waals surface area (Å²) in [6.45, 7) is 2.95. The number of hydrogen-bond donors (Lipinski definition) is 1. The highest BCUT2D eigenvalue weighted by molar-refractivity contribution is 5.43. The molecule has 1 saturated heterocycles. The number of hydrogen-bond acceptors (Lipinski definition) is 2. The van der Waals surface area contributed by atoms with Gasteiger partial charge in [-0.05, 0) is 35.4 Å². The van der Waals surface area contributed by atoms with Crippen molar-refractivity contribution >= 4 is 0 Å². The first-order valence-corrected chi connectivity index (χ1v) is 6.37. The van der Waals surface area contributed by atoms with Crippen LogP contribution in [-0.4, -0.2) is 19.2 Å². The second kappa shape index (κ2) is 3.31. The molecule has 1 aromatic rings. The van der Waals surface area contributed by atoms with Crippen LogP contribution in [0.1, 0.15) is 41.4 Å². The van der Waals surface area contributed by atoms with Crippen LogP contribution in [0.3, 0.4) is 0 Å². The maximum atomic E-state index is 5.98. The topological polar surface area (TPSA) is 21.3 Å². The van der Waals surface area contributed by atoms with E-state index in [1.807, 2.05) is 0 Å². The van der Waals surface area contributed by atoms with Gasteiger partial charge >= 0.3 is 0 Å². The van der Waals surface area contributed by atoms with E-state index in [1.165, 1.54) is 18.4 Å². The standard InChI is InChI=1S/C14H17NO/c1-2-10(9-4-5-9)13-8-16-14-7-15-6-12(14)11(13)3-1/h1-3,9,12,14-15H,4-8H2/t12-,14-/m0/s1. The minimum absolute atomic E-state index is 0.418. The first-order valence-electron chi connectivity index (χ1n) is 6.37. The Kier molecular flexibility index (Phi) is 1.91. The van der Waals surface area contributed by atoms with E-state index in [9.17, 15) is 0 Å². The lowest BCUT2D eigenvalue weighted by Crippen LogP contribution is -2.27. The molecule has 1 N–H and O–H groups in total. The number of nitrogens with one attached hydrogen (secondary N) is 1. The van der Waals surface area contributed by atoms with E-state index in [0.717, 1.165) is 25.6 Å². The third-order valence-electron chi connectivity index (χ3n) is 4.27. The molecular formula is C14H17NO. The summed E-state index contributed by atoms with van der Waals surface area (Å²) in [6.07, 6.45) is 3.17. The van der Waals surface area contributed by atoms with Crippen LogP contribution in [0.5, 0.6) is 0 Å². The van der Waals surface area contributed by atoms with Gasteiger partial charge in [0.1, 0.15) is 0 Å². The maximum Gasteiger partial charge on any atom is 0.0784 e. The van der Waals surface area contributed by atoms with Gasteiger partial charge in [0, 0.05) is 19.0 Å². The van der Waals surface area contributed by atoms with Crippen molar-refractivity contribution < 1.29 is 4.74 Å². The molecule has 4 rings (SSSR count). The predicted octanol–water partition coefficient (Wildman–Crippen LogP) is 2.15. The molecule has 2 atom stereocenters. The fraction of sp³-hybridized carbons (Fsp3) is 0.571. The van der Waals surface area contributed by atoms with Crippen molar-refractivity contribution in [2.75, 3.05) is 13.1 Å². The molecule has 0 aromatic heterocycles. The predicted molar refractivity (Wildman–Crippen MR) is 62.6 cm³/mol. The zero-order chi connectivity index (χ0) is 10.5. The summed E-state index contributed by atoms with van der Waals surface area (Å²) in [5.41, 5.74) is 4.64. The largest absolute Gasteiger partial charge is 0.372 e. The smallest absolute Gasteiger partial charge is 0.0784 e. The fourth-order valence-corrected chi connectivity index (χ4v) is 3.24. The normalized spacial score (nSPS) is 32.2. The van der Waals surface area contributed by atoms with Gasteiger partial charge in [-0.3, -0.25) is 0 Å². The Morgan fingerprint density at radius 1 is 1.12 bits per heavy atom. The van der Waals surface area contributed by atoms with Crippen molar-refractivity contribution in [1.82, 2.24) is 5.32 Å². The van der Waals surface area contributed by atoms with Crippen LogP contribution in [0.15, 0.2) is 18.2 Å². The zero-order valence-electron chi connectivity index (χ0n) is 9.41. The summed E-state index contributed by atoms with van der Waals surface area (Å²) in [4.78, 5) is 0. The summed E-state index contributed by atoms with van der Waals surface area (Å²) in [6, 6.07) is 6.87. The Morgan fingerprint density at radius 2 is 2.00 bits per heavy atom. The number of ether oxygens (including phenoxy) is 1. The van der Waals surface area contributed by atoms with Crippen LogP contribution in [-0.2, 0) is 11.3 Å². The molecule has 0 spiro atoms. The monoisotopic (exact) mass is 215 g/mol. The molecule has 1 saturated carbocycles. The fourth-order valence-electron chi connectivity index (χ4n) is 3.24. The molecule has 2 nitrogen and oxygen atoms in total. The Bertz CT molecular complexity index is 425. The minimum Gasteiger partial charge on any atom is -0.372 e. The molecule has 2 heteroatoms. The molecule has 2 fully saturated rings. The van der Waals surface area contributed by atoms with E-state index in [2.05, 4.69) is 23.5 Å². The van der Waals surface area contributed by atoms with Crippen LogP contribution < -0.4 is 5.32 Å². The molecule has 84 valence electrons. The van der Waals surface area contributed by atoms with Gasteiger partial charge in [0.05, 0.1) is 12.7 Å². The van der Waals surface area contributed by atoms with E-state index in [1.54, 1.807) is 11.1 Å². The highest BCUT2D eigenvalue weighted by Gasteiger charge is 2.37. The second-order valence-corrected chi connectivity index (χ2v) is 5.30. The van der Waals surface area contributed by atoms with Crippen molar-refractivity contribution in [3.63, 3.8) is 0 Å². The van der Waals surface area contributed by atoms with Crippen LogP contribution in [0, 0.1) is 0 Å². The van der Waals surface area contributed by atoms with Crippen LogP contribution in [0.25, 0.3) is 0 Å². The lowest BCUT2D eigenvalue weighted by Gasteiger charge is -2.29. The summed E-state index contributed by atoms with van der Waals surface area (Å²) in [7, 11) is 0. The quantitative estimate of drug-likeness (QED) is 0.775. The summed E-state index contributed by atoms with van der Waals surface area (Å²) in [5.74, 6) is 1.44. The third-order valence-corrected chi connectivity index (χ3v) is 4.27. The average Bonchev–Trinajstić information content (AvgIpc) is 3.05. The lowest BCUT2D eigenvalue weighted by atomic mass is 9.86. The van der Waals surface area contributed by atoms with Gasteiger partial charge in [-0.15, -0.1) is 0 Å². The highest BCUT2D eigenvalue weighted by atomic mass is 16.5. The Hall–Kier alpha value is -0.860. The van der Waals surface area contributed by atoms with Crippen LogP contribution in [0.4, 0.5) is 0 Å². The zero-order valence-corrected chi connectivity index (χ0v) is 9.41. The number of fused-ring (bicyclic) bond motifs is 3. The summed E-state index contributed by atoms with van der Waals surface area (Å²) in [5, 5.41) is 3.44. The van der Waals surface area contributed by atoms with Crippen molar-refractivity contribution in [2.45, 2.75) is 37.4 Å². The Balaban J connectivity index is 1.82. The molecule has 16 heavy (non-hydrogen) atoms. The van der Waals surface area contributed by atoms with Gasteiger partial charge < -0.3 is 10.1 Å². The van der Waals surface area contributed by atoms with Gasteiger partial charge in [-0.25, -0.2) is 0 Å². The van der Waals surface area contributed by atoms with Crippen LogP contribution in [0.2, 0.25) is 0 Å².